The number of thiophene rings is 1. The summed E-state index contributed by atoms with van der Waals surface area (Å²) in [7, 11) is 2.11. The van der Waals surface area contributed by atoms with Crippen LogP contribution < -0.4 is 0 Å². The maximum atomic E-state index is 13.1. The monoisotopic (exact) mass is 384 g/mol. The molecule has 2 aromatic rings. The highest BCUT2D eigenvalue weighted by molar-refractivity contribution is 7.12. The molecule has 142 valence electrons. The number of carbonyl (C=O) groups is 1. The first-order valence-electron chi connectivity index (χ1n) is 9.23. The molecule has 27 heavy (non-hydrogen) atoms. The molecule has 0 bridgehead atoms. The lowest BCUT2D eigenvalue weighted by atomic mass is 10.0. The van der Waals surface area contributed by atoms with E-state index in [4.69, 9.17) is 5.10 Å². The van der Waals surface area contributed by atoms with Crippen LogP contribution in [0.4, 0.5) is 0 Å². The van der Waals surface area contributed by atoms with Crippen LogP contribution in [0, 0.1) is 0 Å². The van der Waals surface area contributed by atoms with Crippen molar-refractivity contribution in [1.29, 1.82) is 0 Å². The number of hydrazone groups is 1. The van der Waals surface area contributed by atoms with Gasteiger partial charge in [0, 0.05) is 32.6 Å². The van der Waals surface area contributed by atoms with Crippen molar-refractivity contribution in [2.75, 3.05) is 39.8 Å². The first-order chi connectivity index (χ1) is 13.1. The van der Waals surface area contributed by atoms with Crippen LogP contribution in [0.25, 0.3) is 0 Å². The second-order valence-corrected chi connectivity index (χ2v) is 8.10. The molecule has 1 atom stereocenters. The van der Waals surface area contributed by atoms with Gasteiger partial charge in [0.15, 0.2) is 0 Å². The molecule has 7 heteroatoms. The predicted molar refractivity (Wildman–Crippen MR) is 107 cm³/mol. The summed E-state index contributed by atoms with van der Waals surface area (Å²) in [5.74, 6) is 0.225. The van der Waals surface area contributed by atoms with Crippen LogP contribution in [0.15, 0.2) is 46.9 Å². The number of hydrogen-bond donors (Lipinski definition) is 1. The fourth-order valence-corrected chi connectivity index (χ4v) is 4.31. The van der Waals surface area contributed by atoms with Crippen molar-refractivity contribution in [3.63, 3.8) is 0 Å². The van der Waals surface area contributed by atoms with Crippen LogP contribution in [0.3, 0.4) is 0 Å². The molecule has 1 amide bonds. The van der Waals surface area contributed by atoms with Crippen LogP contribution in [0.1, 0.15) is 22.9 Å². The van der Waals surface area contributed by atoms with Gasteiger partial charge < -0.3 is 10.0 Å². The molecule has 2 aliphatic heterocycles. The van der Waals surface area contributed by atoms with Crippen LogP contribution in [0.2, 0.25) is 0 Å². The van der Waals surface area contributed by atoms with Crippen molar-refractivity contribution in [3.05, 3.63) is 52.2 Å². The van der Waals surface area contributed by atoms with E-state index < -0.39 is 0 Å². The number of likely N-dealkylation sites (N-methyl/N-ethyl adjacent to an activating group) is 1. The Morgan fingerprint density at radius 1 is 1.22 bits per heavy atom. The van der Waals surface area contributed by atoms with Gasteiger partial charge in [-0.3, -0.25) is 9.69 Å². The summed E-state index contributed by atoms with van der Waals surface area (Å²) in [6, 6.07) is 11.0. The normalized spacial score (nSPS) is 21.4. The second kappa shape index (κ2) is 7.80. The molecule has 0 radical (unpaired) electrons. The minimum absolute atomic E-state index is 0.0134. The highest BCUT2D eigenvalue weighted by atomic mass is 32.1. The Labute approximate surface area is 163 Å². The first-order valence-corrected chi connectivity index (χ1v) is 10.1. The molecule has 0 unspecified atom stereocenters. The maximum absolute atomic E-state index is 13.1. The number of aromatic hydroxyl groups is 1. The first kappa shape index (κ1) is 18.2. The van der Waals surface area contributed by atoms with Crippen molar-refractivity contribution in [2.24, 2.45) is 5.10 Å². The summed E-state index contributed by atoms with van der Waals surface area (Å²) in [6.45, 7) is 4.13. The zero-order valence-electron chi connectivity index (χ0n) is 15.4. The van der Waals surface area contributed by atoms with Gasteiger partial charge in [-0.25, -0.2) is 5.01 Å². The summed E-state index contributed by atoms with van der Waals surface area (Å²) in [5, 5.41) is 18.2. The van der Waals surface area contributed by atoms with Gasteiger partial charge in [0.2, 0.25) is 0 Å². The fourth-order valence-electron chi connectivity index (χ4n) is 3.59. The summed E-state index contributed by atoms with van der Waals surface area (Å²) in [4.78, 5) is 18.6. The topological polar surface area (TPSA) is 59.4 Å². The summed E-state index contributed by atoms with van der Waals surface area (Å²) in [5.41, 5.74) is 1.85. The number of benzene rings is 1. The van der Waals surface area contributed by atoms with Gasteiger partial charge in [-0.1, -0.05) is 18.2 Å². The predicted octanol–water partition coefficient (Wildman–Crippen LogP) is 2.38. The molecule has 3 heterocycles. The zero-order chi connectivity index (χ0) is 18.8. The molecule has 6 nitrogen and oxygen atoms in total. The minimum Gasteiger partial charge on any atom is -0.508 e. The van der Waals surface area contributed by atoms with E-state index >= 15 is 0 Å². The molecule has 1 saturated heterocycles. The SMILES string of the molecule is CN1CCN(CC(=O)N2N=C(c3cccs3)C[C@@H]2c2cccc(O)c2)CC1. The van der Waals surface area contributed by atoms with Crippen LogP contribution in [-0.2, 0) is 4.79 Å². The van der Waals surface area contributed by atoms with Crippen molar-refractivity contribution >= 4 is 23.0 Å². The number of phenolic OH excluding ortho intramolecular Hbond substituents is 1. The molecular formula is C20H24N4O2S. The summed E-state index contributed by atoms with van der Waals surface area (Å²) >= 11 is 1.64. The molecule has 1 fully saturated rings. The molecule has 1 aromatic heterocycles. The lowest BCUT2D eigenvalue weighted by Crippen LogP contribution is -2.48. The minimum atomic E-state index is -0.172. The highest BCUT2D eigenvalue weighted by Gasteiger charge is 2.34. The third-order valence-electron chi connectivity index (χ3n) is 5.18. The molecule has 1 aromatic carbocycles. The van der Waals surface area contributed by atoms with E-state index in [0.717, 1.165) is 42.3 Å². The standard InChI is InChI=1S/C20H24N4O2S/c1-22-7-9-23(10-8-22)14-20(26)24-18(15-4-2-5-16(25)12-15)13-17(21-24)19-6-3-11-27-19/h2-6,11-12,18,25H,7-10,13-14H2,1H3/t18-/m1/s1. The van der Waals surface area contributed by atoms with Gasteiger partial charge in [0.05, 0.1) is 23.2 Å². The molecule has 0 spiro atoms. The number of hydrogen-bond acceptors (Lipinski definition) is 6. The smallest absolute Gasteiger partial charge is 0.257 e. The van der Waals surface area contributed by atoms with Gasteiger partial charge in [-0.05, 0) is 36.2 Å². The fraction of sp³-hybridized carbons (Fsp3) is 0.400. The Kier molecular flexibility index (Phi) is 5.24. The molecular weight excluding hydrogens is 360 g/mol. The third-order valence-corrected chi connectivity index (χ3v) is 6.10. The maximum Gasteiger partial charge on any atom is 0.257 e. The number of amides is 1. The van der Waals surface area contributed by atoms with E-state index in [1.807, 2.05) is 29.6 Å². The zero-order valence-corrected chi connectivity index (χ0v) is 16.2. The van der Waals surface area contributed by atoms with Crippen molar-refractivity contribution < 1.29 is 9.90 Å². The van der Waals surface area contributed by atoms with Gasteiger partial charge in [-0.2, -0.15) is 5.10 Å². The molecule has 4 rings (SSSR count). The second-order valence-electron chi connectivity index (χ2n) is 7.16. The van der Waals surface area contributed by atoms with Gasteiger partial charge in [0.25, 0.3) is 5.91 Å². The van der Waals surface area contributed by atoms with E-state index in [1.165, 1.54) is 0 Å². The average Bonchev–Trinajstić information content (AvgIpc) is 3.33. The van der Waals surface area contributed by atoms with Crippen molar-refractivity contribution in [3.8, 4) is 5.75 Å². The van der Waals surface area contributed by atoms with Crippen LogP contribution >= 0.6 is 11.3 Å². The number of nitrogens with zero attached hydrogens (tertiary/aromatic N) is 4. The Morgan fingerprint density at radius 3 is 2.74 bits per heavy atom. The van der Waals surface area contributed by atoms with Gasteiger partial charge in [0.1, 0.15) is 5.75 Å². The van der Waals surface area contributed by atoms with E-state index in [0.29, 0.717) is 13.0 Å². The van der Waals surface area contributed by atoms with E-state index in [1.54, 1.807) is 28.5 Å². The molecule has 0 aliphatic carbocycles. The number of piperazine rings is 1. The Bertz CT molecular complexity index is 828. The van der Waals surface area contributed by atoms with Gasteiger partial charge >= 0.3 is 0 Å². The summed E-state index contributed by atoms with van der Waals surface area (Å²) in [6.07, 6.45) is 0.665. The molecule has 0 saturated carbocycles. The van der Waals surface area contributed by atoms with Crippen molar-refractivity contribution in [2.45, 2.75) is 12.5 Å². The van der Waals surface area contributed by atoms with E-state index in [-0.39, 0.29) is 17.7 Å². The highest BCUT2D eigenvalue weighted by Crippen LogP contribution is 2.35. The Hall–Kier alpha value is -2.22. The van der Waals surface area contributed by atoms with E-state index in [9.17, 15) is 9.90 Å². The third kappa shape index (κ3) is 4.05. The molecule has 1 N–H and O–H groups in total. The largest absolute Gasteiger partial charge is 0.508 e. The van der Waals surface area contributed by atoms with Gasteiger partial charge in [-0.15, -0.1) is 11.3 Å². The lowest BCUT2D eigenvalue weighted by molar-refractivity contribution is -0.134. The number of carbonyl (C=O) groups excluding carboxylic acids is 1. The lowest BCUT2D eigenvalue weighted by Gasteiger charge is -2.33. The van der Waals surface area contributed by atoms with E-state index in [2.05, 4.69) is 16.8 Å². The van der Waals surface area contributed by atoms with Crippen molar-refractivity contribution in [1.82, 2.24) is 14.8 Å². The quantitative estimate of drug-likeness (QED) is 0.879. The summed E-state index contributed by atoms with van der Waals surface area (Å²) < 4.78 is 0. The average molecular weight is 385 g/mol. The van der Waals surface area contributed by atoms with Crippen LogP contribution in [0.5, 0.6) is 5.75 Å². The molecule has 2 aliphatic rings. The number of phenols is 1. The Balaban J connectivity index is 1.56. The van der Waals surface area contributed by atoms with Crippen LogP contribution in [-0.4, -0.2) is 71.3 Å². The Morgan fingerprint density at radius 2 is 2.04 bits per heavy atom. The number of rotatable bonds is 4.